The third-order valence-corrected chi connectivity index (χ3v) is 6.54. The molecule has 4 rings (SSSR count). The van der Waals surface area contributed by atoms with Crippen molar-refractivity contribution in [2.45, 2.75) is 31.8 Å². The Morgan fingerprint density at radius 1 is 1.36 bits per heavy atom. The second-order valence-electron chi connectivity index (χ2n) is 7.18. The Balaban J connectivity index is 1.31. The molecule has 1 aliphatic heterocycles. The van der Waals surface area contributed by atoms with E-state index in [-0.39, 0.29) is 17.8 Å². The fraction of sp³-hybridized carbons (Fsp3) is 0.429. The van der Waals surface area contributed by atoms with Crippen molar-refractivity contribution in [1.82, 2.24) is 4.90 Å². The molecule has 0 bridgehead atoms. The van der Waals surface area contributed by atoms with Crippen molar-refractivity contribution >= 4 is 22.2 Å². The van der Waals surface area contributed by atoms with E-state index in [1.807, 2.05) is 0 Å². The number of aryl methyl sites for hydroxylation is 1. The number of carbonyl (C=O) groups excluding carboxylic acids is 1. The van der Waals surface area contributed by atoms with Gasteiger partial charge >= 0.3 is 0 Å². The molecule has 146 valence electrons. The zero-order chi connectivity index (χ0) is 19.5. The van der Waals surface area contributed by atoms with Crippen molar-refractivity contribution in [2.24, 2.45) is 0 Å². The minimum Gasteiger partial charge on any atom is -0.371 e. The first-order valence-electron chi connectivity index (χ1n) is 9.58. The lowest BCUT2D eigenvalue weighted by Crippen LogP contribution is -2.39. The molecule has 1 unspecified atom stereocenters. The maximum atomic E-state index is 13.1. The summed E-state index contributed by atoms with van der Waals surface area (Å²) in [5.41, 5.74) is 2.72. The minimum absolute atomic E-state index is 0.0683. The maximum Gasteiger partial charge on any atom is 0.226 e. The number of halogens is 1. The summed E-state index contributed by atoms with van der Waals surface area (Å²) < 4.78 is 18.9. The van der Waals surface area contributed by atoms with Crippen molar-refractivity contribution in [2.75, 3.05) is 31.6 Å². The average molecular weight is 399 g/mol. The number of nitrogens with one attached hydrogen (secondary N) is 1. The lowest BCUT2D eigenvalue weighted by Gasteiger charge is -2.33. The average Bonchev–Trinajstić information content (AvgIpc) is 3.28. The van der Waals surface area contributed by atoms with Gasteiger partial charge in [-0.3, -0.25) is 9.69 Å². The monoisotopic (exact) mass is 399 g/mol. The van der Waals surface area contributed by atoms with Crippen LogP contribution in [-0.4, -0.2) is 37.0 Å². The number of nitrogens with zero attached hydrogens (tertiary/aromatic N) is 2. The van der Waals surface area contributed by atoms with Gasteiger partial charge in [0.2, 0.25) is 5.91 Å². The Hall–Kier alpha value is -2.27. The molecule has 1 aromatic carbocycles. The molecule has 1 N–H and O–H groups in total. The molecule has 5 nitrogen and oxygen atoms in total. The molecule has 7 heteroatoms. The SMILES string of the molecule is N#Cc1c(NC(=O)CCN2CCOC(c3ccc(F)cc3)C2)sc2c1CCC2. The summed E-state index contributed by atoms with van der Waals surface area (Å²) in [5.74, 6) is -0.328. The van der Waals surface area contributed by atoms with Crippen LogP contribution in [0, 0.1) is 17.1 Å². The van der Waals surface area contributed by atoms with Gasteiger partial charge in [-0.25, -0.2) is 4.39 Å². The fourth-order valence-electron chi connectivity index (χ4n) is 3.84. The molecule has 2 aliphatic rings. The number of thiophene rings is 1. The molecule has 1 amide bonds. The molecular formula is C21H22FN3O2S. The number of morpholine rings is 1. The van der Waals surface area contributed by atoms with E-state index in [0.29, 0.717) is 36.7 Å². The lowest BCUT2D eigenvalue weighted by molar-refractivity contribution is -0.117. The van der Waals surface area contributed by atoms with Crippen molar-refractivity contribution < 1.29 is 13.9 Å². The number of ether oxygens (including phenoxy) is 1. The van der Waals surface area contributed by atoms with Crippen LogP contribution >= 0.6 is 11.3 Å². The summed E-state index contributed by atoms with van der Waals surface area (Å²) in [6.45, 7) is 2.65. The van der Waals surface area contributed by atoms with Gasteiger partial charge in [-0.1, -0.05) is 12.1 Å². The second-order valence-corrected chi connectivity index (χ2v) is 8.29. The number of fused-ring (bicyclic) bond motifs is 1. The molecular weight excluding hydrogens is 377 g/mol. The van der Waals surface area contributed by atoms with Crippen LogP contribution < -0.4 is 5.32 Å². The van der Waals surface area contributed by atoms with Gasteiger partial charge in [0.1, 0.15) is 16.9 Å². The van der Waals surface area contributed by atoms with E-state index in [4.69, 9.17) is 4.74 Å². The van der Waals surface area contributed by atoms with Crippen LogP contribution in [0.2, 0.25) is 0 Å². The number of benzene rings is 1. The molecule has 1 atom stereocenters. The van der Waals surface area contributed by atoms with Crippen LogP contribution in [-0.2, 0) is 22.4 Å². The van der Waals surface area contributed by atoms with Crippen molar-refractivity contribution in [3.63, 3.8) is 0 Å². The van der Waals surface area contributed by atoms with E-state index in [1.54, 1.807) is 23.5 Å². The van der Waals surface area contributed by atoms with Crippen molar-refractivity contribution in [3.05, 3.63) is 51.7 Å². The van der Waals surface area contributed by atoms with Gasteiger partial charge in [-0.2, -0.15) is 5.26 Å². The van der Waals surface area contributed by atoms with E-state index in [2.05, 4.69) is 16.3 Å². The molecule has 1 aliphatic carbocycles. The number of rotatable bonds is 5. The third-order valence-electron chi connectivity index (χ3n) is 5.33. The maximum absolute atomic E-state index is 13.1. The number of amides is 1. The molecule has 1 fully saturated rings. The smallest absolute Gasteiger partial charge is 0.226 e. The normalized spacial score (nSPS) is 19.2. The fourth-order valence-corrected chi connectivity index (χ4v) is 5.10. The van der Waals surface area contributed by atoms with Gasteiger partial charge in [-0.05, 0) is 42.5 Å². The quantitative estimate of drug-likeness (QED) is 0.834. The molecule has 2 heterocycles. The molecule has 2 aromatic rings. The van der Waals surface area contributed by atoms with Crippen molar-refractivity contribution in [1.29, 1.82) is 5.26 Å². The zero-order valence-electron chi connectivity index (χ0n) is 15.5. The lowest BCUT2D eigenvalue weighted by atomic mass is 10.1. The Bertz CT molecular complexity index is 904. The zero-order valence-corrected chi connectivity index (χ0v) is 16.4. The summed E-state index contributed by atoms with van der Waals surface area (Å²) >= 11 is 1.54. The number of nitriles is 1. The van der Waals surface area contributed by atoms with Gasteiger partial charge in [-0.15, -0.1) is 11.3 Å². The molecule has 28 heavy (non-hydrogen) atoms. The van der Waals surface area contributed by atoms with Gasteiger partial charge < -0.3 is 10.1 Å². The van der Waals surface area contributed by atoms with Crippen LogP contribution in [0.5, 0.6) is 0 Å². The van der Waals surface area contributed by atoms with E-state index in [0.717, 1.165) is 36.9 Å². The second kappa shape index (κ2) is 8.39. The van der Waals surface area contributed by atoms with Crippen LogP contribution in [0.1, 0.15) is 40.5 Å². The molecule has 1 aromatic heterocycles. The highest BCUT2D eigenvalue weighted by Crippen LogP contribution is 2.38. The Kier molecular flexibility index (Phi) is 5.72. The molecule has 0 spiro atoms. The standard InChI is InChI=1S/C21H22FN3O2S/c22-15-6-4-14(5-7-15)18-13-25(10-11-27-18)9-8-20(26)24-21-17(12-23)16-2-1-3-19(16)28-21/h4-7,18H,1-3,8-11,13H2,(H,24,26). The summed E-state index contributed by atoms with van der Waals surface area (Å²) in [4.78, 5) is 15.9. The predicted molar refractivity (Wildman–Crippen MR) is 106 cm³/mol. The number of hydrogen-bond donors (Lipinski definition) is 1. The van der Waals surface area contributed by atoms with E-state index in [9.17, 15) is 14.4 Å². The predicted octanol–water partition coefficient (Wildman–Crippen LogP) is 3.65. The molecule has 0 radical (unpaired) electrons. The summed E-state index contributed by atoms with van der Waals surface area (Å²) in [5, 5.41) is 13.1. The van der Waals surface area contributed by atoms with E-state index < -0.39 is 0 Å². The van der Waals surface area contributed by atoms with Gasteiger partial charge in [0, 0.05) is 30.9 Å². The Labute approximate surface area is 167 Å². The highest BCUT2D eigenvalue weighted by Gasteiger charge is 2.24. The molecule has 0 saturated carbocycles. The first-order chi connectivity index (χ1) is 13.6. The summed E-state index contributed by atoms with van der Waals surface area (Å²) in [6, 6.07) is 8.63. The Morgan fingerprint density at radius 3 is 2.96 bits per heavy atom. The Morgan fingerprint density at radius 2 is 2.18 bits per heavy atom. The van der Waals surface area contributed by atoms with Crippen LogP contribution in [0.3, 0.4) is 0 Å². The minimum atomic E-state index is -0.260. The first-order valence-corrected chi connectivity index (χ1v) is 10.4. The van der Waals surface area contributed by atoms with Crippen molar-refractivity contribution in [3.8, 4) is 6.07 Å². The van der Waals surface area contributed by atoms with Gasteiger partial charge in [0.25, 0.3) is 0 Å². The van der Waals surface area contributed by atoms with Gasteiger partial charge in [0.05, 0.1) is 18.3 Å². The first kappa shape index (κ1) is 19.1. The summed E-state index contributed by atoms with van der Waals surface area (Å²) in [7, 11) is 0. The van der Waals surface area contributed by atoms with E-state index in [1.165, 1.54) is 17.0 Å². The molecule has 1 saturated heterocycles. The highest BCUT2D eigenvalue weighted by atomic mass is 32.1. The van der Waals surface area contributed by atoms with Crippen LogP contribution in [0.4, 0.5) is 9.39 Å². The number of hydrogen-bond acceptors (Lipinski definition) is 5. The van der Waals surface area contributed by atoms with Crippen LogP contribution in [0.15, 0.2) is 24.3 Å². The van der Waals surface area contributed by atoms with E-state index >= 15 is 0 Å². The third kappa shape index (κ3) is 4.09. The largest absolute Gasteiger partial charge is 0.371 e. The summed E-state index contributed by atoms with van der Waals surface area (Å²) in [6.07, 6.45) is 3.29. The van der Waals surface area contributed by atoms with Crippen LogP contribution in [0.25, 0.3) is 0 Å². The number of carbonyl (C=O) groups is 1. The van der Waals surface area contributed by atoms with Gasteiger partial charge in [0.15, 0.2) is 0 Å². The topological polar surface area (TPSA) is 65.4 Å². The number of anilines is 1. The highest BCUT2D eigenvalue weighted by molar-refractivity contribution is 7.16.